The van der Waals surface area contributed by atoms with E-state index in [0.29, 0.717) is 13.2 Å². The van der Waals surface area contributed by atoms with E-state index in [1.165, 1.54) is 12.1 Å². The summed E-state index contributed by atoms with van der Waals surface area (Å²) in [5.41, 5.74) is 0.864. The monoisotopic (exact) mass is 251 g/mol. The first-order chi connectivity index (χ1) is 8.77. The summed E-state index contributed by atoms with van der Waals surface area (Å²) in [4.78, 5) is 0. The standard InChI is InChI=1S/C15H22FNO/c1-3-4-5-6-7-10-18-15-9-8-14(16)11-13(15)12-17-2/h3,8-9,11,17H,1,4-7,10,12H2,2H3. The minimum Gasteiger partial charge on any atom is -0.493 e. The molecule has 0 bridgehead atoms. The normalized spacial score (nSPS) is 10.3. The lowest BCUT2D eigenvalue weighted by molar-refractivity contribution is 0.301. The molecule has 1 aromatic rings. The molecule has 0 heterocycles. The Kier molecular flexibility index (Phi) is 7.11. The molecule has 0 fully saturated rings. The van der Waals surface area contributed by atoms with Crippen molar-refractivity contribution in [1.29, 1.82) is 0 Å². The topological polar surface area (TPSA) is 21.3 Å². The highest BCUT2D eigenvalue weighted by Crippen LogP contribution is 2.20. The molecular formula is C15H22FNO. The zero-order valence-corrected chi connectivity index (χ0v) is 11.0. The summed E-state index contributed by atoms with van der Waals surface area (Å²) in [6.45, 7) is 4.99. The summed E-state index contributed by atoms with van der Waals surface area (Å²) in [7, 11) is 1.84. The number of nitrogens with one attached hydrogen (secondary N) is 1. The van der Waals surface area contributed by atoms with Crippen molar-refractivity contribution in [3.8, 4) is 5.75 Å². The quantitative estimate of drug-likeness (QED) is 0.534. The van der Waals surface area contributed by atoms with Gasteiger partial charge in [0.1, 0.15) is 11.6 Å². The van der Waals surface area contributed by atoms with Crippen LogP contribution in [0.4, 0.5) is 4.39 Å². The van der Waals surface area contributed by atoms with E-state index in [1.54, 1.807) is 6.07 Å². The average Bonchev–Trinajstić information content (AvgIpc) is 2.36. The van der Waals surface area contributed by atoms with Crippen LogP contribution in [0.2, 0.25) is 0 Å². The van der Waals surface area contributed by atoms with Crippen molar-refractivity contribution >= 4 is 0 Å². The first-order valence-corrected chi connectivity index (χ1v) is 6.44. The molecule has 0 saturated carbocycles. The van der Waals surface area contributed by atoms with Crippen LogP contribution in [0.3, 0.4) is 0 Å². The SMILES string of the molecule is C=CCCCCCOc1ccc(F)cc1CNC. The minimum atomic E-state index is -0.224. The van der Waals surface area contributed by atoms with Gasteiger partial charge in [0.2, 0.25) is 0 Å². The molecule has 3 heteroatoms. The van der Waals surface area contributed by atoms with Crippen molar-refractivity contribution in [2.75, 3.05) is 13.7 Å². The molecule has 0 atom stereocenters. The molecule has 0 spiro atoms. The van der Waals surface area contributed by atoms with E-state index in [-0.39, 0.29) is 5.82 Å². The van der Waals surface area contributed by atoms with Gasteiger partial charge in [-0.05, 0) is 50.9 Å². The number of allylic oxidation sites excluding steroid dienone is 1. The van der Waals surface area contributed by atoms with Crippen molar-refractivity contribution in [2.24, 2.45) is 0 Å². The Labute approximate surface area is 109 Å². The Morgan fingerprint density at radius 1 is 1.33 bits per heavy atom. The molecule has 0 aliphatic heterocycles. The molecule has 0 saturated heterocycles. The maximum absolute atomic E-state index is 13.1. The van der Waals surface area contributed by atoms with Gasteiger partial charge in [0.25, 0.3) is 0 Å². The third kappa shape index (κ3) is 5.32. The maximum atomic E-state index is 13.1. The summed E-state index contributed by atoms with van der Waals surface area (Å²) in [5, 5.41) is 3.01. The van der Waals surface area contributed by atoms with Crippen LogP contribution in [0.15, 0.2) is 30.9 Å². The summed E-state index contributed by atoms with van der Waals surface area (Å²) >= 11 is 0. The number of hydrogen-bond donors (Lipinski definition) is 1. The zero-order valence-electron chi connectivity index (χ0n) is 11.0. The minimum absolute atomic E-state index is 0.224. The van der Waals surface area contributed by atoms with Gasteiger partial charge in [-0.2, -0.15) is 0 Å². The number of benzene rings is 1. The van der Waals surface area contributed by atoms with Gasteiger partial charge < -0.3 is 10.1 Å². The lowest BCUT2D eigenvalue weighted by Crippen LogP contribution is -2.08. The summed E-state index contributed by atoms with van der Waals surface area (Å²) < 4.78 is 18.8. The van der Waals surface area contributed by atoms with E-state index in [4.69, 9.17) is 4.74 Å². The van der Waals surface area contributed by atoms with Gasteiger partial charge in [-0.1, -0.05) is 6.08 Å². The molecule has 2 nitrogen and oxygen atoms in total. The fraction of sp³-hybridized carbons (Fsp3) is 0.467. The molecule has 0 amide bonds. The number of unbranched alkanes of at least 4 members (excludes halogenated alkanes) is 3. The number of ether oxygens (including phenoxy) is 1. The lowest BCUT2D eigenvalue weighted by atomic mass is 10.2. The van der Waals surface area contributed by atoms with Gasteiger partial charge in [0.15, 0.2) is 0 Å². The number of hydrogen-bond acceptors (Lipinski definition) is 2. The molecular weight excluding hydrogens is 229 g/mol. The highest BCUT2D eigenvalue weighted by molar-refractivity contribution is 5.33. The van der Waals surface area contributed by atoms with Crippen molar-refractivity contribution in [1.82, 2.24) is 5.32 Å². The van der Waals surface area contributed by atoms with Crippen LogP contribution in [-0.2, 0) is 6.54 Å². The van der Waals surface area contributed by atoms with Gasteiger partial charge >= 0.3 is 0 Å². The maximum Gasteiger partial charge on any atom is 0.123 e. The molecule has 0 unspecified atom stereocenters. The van der Waals surface area contributed by atoms with Crippen molar-refractivity contribution < 1.29 is 9.13 Å². The zero-order chi connectivity index (χ0) is 13.2. The number of halogens is 1. The summed E-state index contributed by atoms with van der Waals surface area (Å²) in [5.74, 6) is 0.549. The van der Waals surface area contributed by atoms with Gasteiger partial charge in [-0.25, -0.2) is 4.39 Å². The van der Waals surface area contributed by atoms with Crippen LogP contribution >= 0.6 is 0 Å². The van der Waals surface area contributed by atoms with Crippen LogP contribution in [0.25, 0.3) is 0 Å². The highest BCUT2D eigenvalue weighted by atomic mass is 19.1. The Hall–Kier alpha value is -1.35. The highest BCUT2D eigenvalue weighted by Gasteiger charge is 2.04. The second-order valence-corrected chi connectivity index (χ2v) is 4.27. The molecule has 100 valence electrons. The Morgan fingerprint density at radius 3 is 2.89 bits per heavy atom. The molecule has 0 aliphatic carbocycles. The van der Waals surface area contributed by atoms with Crippen molar-refractivity contribution in [3.63, 3.8) is 0 Å². The predicted molar refractivity (Wildman–Crippen MR) is 73.3 cm³/mol. The summed E-state index contributed by atoms with van der Waals surface area (Å²) in [6.07, 6.45) is 6.30. The van der Waals surface area contributed by atoms with Crippen LogP contribution in [0.5, 0.6) is 5.75 Å². The Balaban J connectivity index is 2.38. The molecule has 1 rings (SSSR count). The largest absolute Gasteiger partial charge is 0.493 e. The third-order valence-electron chi connectivity index (χ3n) is 2.70. The van der Waals surface area contributed by atoms with Crippen molar-refractivity contribution in [2.45, 2.75) is 32.2 Å². The Bertz CT molecular complexity index is 366. The van der Waals surface area contributed by atoms with Gasteiger partial charge in [-0.3, -0.25) is 0 Å². The van der Waals surface area contributed by atoms with E-state index in [9.17, 15) is 4.39 Å². The van der Waals surface area contributed by atoms with Crippen LogP contribution < -0.4 is 10.1 Å². The van der Waals surface area contributed by atoms with Crippen molar-refractivity contribution in [3.05, 3.63) is 42.2 Å². The molecule has 0 aromatic heterocycles. The lowest BCUT2D eigenvalue weighted by Gasteiger charge is -2.11. The predicted octanol–water partition coefficient (Wildman–Crippen LogP) is 3.67. The van der Waals surface area contributed by atoms with Crippen LogP contribution in [0, 0.1) is 5.82 Å². The van der Waals surface area contributed by atoms with Gasteiger partial charge in [0.05, 0.1) is 6.61 Å². The van der Waals surface area contributed by atoms with E-state index in [2.05, 4.69) is 11.9 Å². The third-order valence-corrected chi connectivity index (χ3v) is 2.70. The molecule has 1 N–H and O–H groups in total. The number of rotatable bonds is 9. The molecule has 0 radical (unpaired) electrons. The summed E-state index contributed by atoms with van der Waals surface area (Å²) in [6, 6.07) is 4.65. The van der Waals surface area contributed by atoms with Gasteiger partial charge in [-0.15, -0.1) is 6.58 Å². The average molecular weight is 251 g/mol. The van der Waals surface area contributed by atoms with Gasteiger partial charge in [0, 0.05) is 12.1 Å². The van der Waals surface area contributed by atoms with Crippen LogP contribution in [0.1, 0.15) is 31.2 Å². The van der Waals surface area contributed by atoms with Crippen LogP contribution in [-0.4, -0.2) is 13.7 Å². The van der Waals surface area contributed by atoms with E-state index in [0.717, 1.165) is 37.0 Å². The van der Waals surface area contributed by atoms with E-state index in [1.807, 2.05) is 13.1 Å². The fourth-order valence-corrected chi connectivity index (χ4v) is 1.77. The molecule has 1 aromatic carbocycles. The fourth-order valence-electron chi connectivity index (χ4n) is 1.77. The smallest absolute Gasteiger partial charge is 0.123 e. The second kappa shape index (κ2) is 8.70. The first-order valence-electron chi connectivity index (χ1n) is 6.44. The molecule has 0 aliphatic rings. The second-order valence-electron chi connectivity index (χ2n) is 4.27. The van der Waals surface area contributed by atoms with E-state index < -0.39 is 0 Å². The first kappa shape index (κ1) is 14.7. The Morgan fingerprint density at radius 2 is 2.17 bits per heavy atom. The molecule has 18 heavy (non-hydrogen) atoms. The van der Waals surface area contributed by atoms with E-state index >= 15 is 0 Å².